The van der Waals surface area contributed by atoms with E-state index < -0.39 is 0 Å². The van der Waals surface area contributed by atoms with Gasteiger partial charge >= 0.3 is 0 Å². The quantitative estimate of drug-likeness (QED) is 0.897. The van der Waals surface area contributed by atoms with Crippen molar-refractivity contribution in [2.75, 3.05) is 7.05 Å². The molecule has 0 aliphatic rings. The Morgan fingerprint density at radius 2 is 2.06 bits per heavy atom. The zero-order valence-electron chi connectivity index (χ0n) is 10.9. The fourth-order valence-corrected chi connectivity index (χ4v) is 2.76. The van der Waals surface area contributed by atoms with Gasteiger partial charge in [0.05, 0.1) is 5.69 Å². The van der Waals surface area contributed by atoms with Crippen molar-refractivity contribution >= 4 is 11.3 Å². The van der Waals surface area contributed by atoms with Crippen LogP contribution in [0.1, 0.15) is 28.5 Å². The van der Waals surface area contributed by atoms with E-state index in [2.05, 4.69) is 17.2 Å². The minimum atomic E-state index is 0.341. The maximum absolute atomic E-state index is 5.70. The van der Waals surface area contributed by atoms with Gasteiger partial charge in [-0.1, -0.05) is 18.2 Å². The van der Waals surface area contributed by atoms with Crippen LogP contribution in [0.25, 0.3) is 0 Å². The van der Waals surface area contributed by atoms with Gasteiger partial charge < -0.3 is 10.1 Å². The Morgan fingerprint density at radius 3 is 2.72 bits per heavy atom. The second-order valence-electron chi connectivity index (χ2n) is 4.17. The Balaban J connectivity index is 2.02. The Morgan fingerprint density at radius 1 is 1.33 bits per heavy atom. The molecule has 96 valence electrons. The Kier molecular flexibility index (Phi) is 4.33. The summed E-state index contributed by atoms with van der Waals surface area (Å²) < 4.78 is 5.70. The molecule has 1 N–H and O–H groups in total. The molecule has 18 heavy (non-hydrogen) atoms. The summed E-state index contributed by atoms with van der Waals surface area (Å²) in [6, 6.07) is 10.2. The lowest BCUT2D eigenvalue weighted by atomic mass is 10.2. The zero-order valence-corrected chi connectivity index (χ0v) is 11.8. The molecule has 1 aromatic heterocycles. The van der Waals surface area contributed by atoms with Crippen molar-refractivity contribution < 1.29 is 4.74 Å². The SMILES string of the molecule is CNC(C)c1sc(COc2ccccc2)nc1C. The second kappa shape index (κ2) is 5.98. The lowest BCUT2D eigenvalue weighted by molar-refractivity contribution is 0.305. The highest BCUT2D eigenvalue weighted by Crippen LogP contribution is 2.25. The van der Waals surface area contributed by atoms with Gasteiger partial charge in [-0.15, -0.1) is 11.3 Å². The molecule has 0 aliphatic carbocycles. The van der Waals surface area contributed by atoms with Crippen LogP contribution in [0.2, 0.25) is 0 Å². The standard InChI is InChI=1S/C14H18N2OS/c1-10(15-3)14-11(2)16-13(18-14)9-17-12-7-5-4-6-8-12/h4-8,10,15H,9H2,1-3H3. The number of nitrogens with zero attached hydrogens (tertiary/aromatic N) is 1. The molecule has 3 nitrogen and oxygen atoms in total. The molecule has 0 spiro atoms. The number of hydrogen-bond acceptors (Lipinski definition) is 4. The predicted octanol–water partition coefficient (Wildman–Crippen LogP) is 3.31. The predicted molar refractivity (Wildman–Crippen MR) is 75.1 cm³/mol. The lowest BCUT2D eigenvalue weighted by Crippen LogP contribution is -2.11. The van der Waals surface area contributed by atoms with Gasteiger partial charge in [0, 0.05) is 10.9 Å². The van der Waals surface area contributed by atoms with Crippen molar-refractivity contribution in [3.8, 4) is 5.75 Å². The van der Waals surface area contributed by atoms with Gasteiger partial charge in [-0.25, -0.2) is 4.98 Å². The van der Waals surface area contributed by atoms with Crippen LogP contribution < -0.4 is 10.1 Å². The zero-order chi connectivity index (χ0) is 13.0. The highest BCUT2D eigenvalue weighted by molar-refractivity contribution is 7.11. The first kappa shape index (κ1) is 13.1. The Bertz CT molecular complexity index is 496. The minimum absolute atomic E-state index is 0.341. The van der Waals surface area contributed by atoms with Crippen LogP contribution in [0.3, 0.4) is 0 Å². The molecule has 0 fully saturated rings. The van der Waals surface area contributed by atoms with E-state index in [1.807, 2.05) is 44.3 Å². The number of benzene rings is 1. The van der Waals surface area contributed by atoms with Crippen LogP contribution in [0.15, 0.2) is 30.3 Å². The molecular weight excluding hydrogens is 244 g/mol. The molecule has 1 atom stereocenters. The molecule has 0 bridgehead atoms. The van der Waals surface area contributed by atoms with Crippen LogP contribution in [-0.2, 0) is 6.61 Å². The van der Waals surface area contributed by atoms with Gasteiger partial charge in [0.25, 0.3) is 0 Å². The number of hydrogen-bond donors (Lipinski definition) is 1. The number of aryl methyl sites for hydroxylation is 1. The fourth-order valence-electron chi connectivity index (χ4n) is 1.72. The summed E-state index contributed by atoms with van der Waals surface area (Å²) in [5, 5.41) is 4.26. The monoisotopic (exact) mass is 262 g/mol. The molecule has 1 heterocycles. The number of ether oxygens (including phenoxy) is 1. The van der Waals surface area contributed by atoms with Crippen molar-refractivity contribution in [2.24, 2.45) is 0 Å². The van der Waals surface area contributed by atoms with Crippen molar-refractivity contribution in [2.45, 2.75) is 26.5 Å². The van der Waals surface area contributed by atoms with Gasteiger partial charge in [0.15, 0.2) is 0 Å². The van der Waals surface area contributed by atoms with E-state index in [0.717, 1.165) is 16.5 Å². The molecule has 4 heteroatoms. The number of thiazole rings is 1. The van der Waals surface area contributed by atoms with Crippen LogP contribution >= 0.6 is 11.3 Å². The molecular formula is C14H18N2OS. The van der Waals surface area contributed by atoms with Crippen molar-refractivity contribution in [3.05, 3.63) is 45.9 Å². The molecule has 2 aromatic rings. The lowest BCUT2D eigenvalue weighted by Gasteiger charge is -2.07. The van der Waals surface area contributed by atoms with E-state index in [1.165, 1.54) is 4.88 Å². The van der Waals surface area contributed by atoms with Crippen molar-refractivity contribution in [1.29, 1.82) is 0 Å². The average molecular weight is 262 g/mol. The Labute approximate surface area is 112 Å². The van der Waals surface area contributed by atoms with Gasteiger partial charge in [-0.3, -0.25) is 0 Å². The summed E-state index contributed by atoms with van der Waals surface area (Å²) in [5.41, 5.74) is 1.09. The summed E-state index contributed by atoms with van der Waals surface area (Å²) in [4.78, 5) is 5.83. The number of nitrogens with one attached hydrogen (secondary N) is 1. The van der Waals surface area contributed by atoms with E-state index >= 15 is 0 Å². The van der Waals surface area contributed by atoms with Crippen LogP contribution in [-0.4, -0.2) is 12.0 Å². The molecule has 0 saturated heterocycles. The van der Waals surface area contributed by atoms with Crippen molar-refractivity contribution in [1.82, 2.24) is 10.3 Å². The highest BCUT2D eigenvalue weighted by atomic mass is 32.1. The average Bonchev–Trinajstić information content (AvgIpc) is 2.78. The normalized spacial score (nSPS) is 12.4. The van der Waals surface area contributed by atoms with Crippen LogP contribution in [0.5, 0.6) is 5.75 Å². The molecule has 2 rings (SSSR count). The fraction of sp³-hybridized carbons (Fsp3) is 0.357. The largest absolute Gasteiger partial charge is 0.486 e. The molecule has 1 aromatic carbocycles. The maximum Gasteiger partial charge on any atom is 0.140 e. The smallest absolute Gasteiger partial charge is 0.140 e. The molecule has 0 aliphatic heterocycles. The number of aromatic nitrogens is 1. The minimum Gasteiger partial charge on any atom is -0.486 e. The van der Waals surface area contributed by atoms with Gasteiger partial charge in [-0.05, 0) is 33.0 Å². The van der Waals surface area contributed by atoms with Gasteiger partial charge in [-0.2, -0.15) is 0 Å². The summed E-state index contributed by atoms with van der Waals surface area (Å²) in [6.45, 7) is 4.72. The van der Waals surface area contributed by atoms with Crippen molar-refractivity contribution in [3.63, 3.8) is 0 Å². The number of rotatable bonds is 5. The first-order valence-electron chi connectivity index (χ1n) is 6.02. The topological polar surface area (TPSA) is 34.1 Å². The molecule has 0 amide bonds. The summed E-state index contributed by atoms with van der Waals surface area (Å²) in [5.74, 6) is 0.883. The van der Waals surface area contributed by atoms with Gasteiger partial charge in [0.2, 0.25) is 0 Å². The first-order chi connectivity index (χ1) is 8.70. The highest BCUT2D eigenvalue weighted by Gasteiger charge is 2.12. The molecule has 0 radical (unpaired) electrons. The number of para-hydroxylation sites is 1. The third-order valence-corrected chi connectivity index (χ3v) is 4.12. The van der Waals surface area contributed by atoms with E-state index in [9.17, 15) is 0 Å². The first-order valence-corrected chi connectivity index (χ1v) is 6.83. The molecule has 0 saturated carbocycles. The van der Waals surface area contributed by atoms with E-state index in [0.29, 0.717) is 12.6 Å². The third-order valence-electron chi connectivity index (χ3n) is 2.81. The Hall–Kier alpha value is -1.39. The van der Waals surface area contributed by atoms with E-state index in [4.69, 9.17) is 4.74 Å². The van der Waals surface area contributed by atoms with Crippen LogP contribution in [0, 0.1) is 6.92 Å². The summed E-state index contributed by atoms with van der Waals surface area (Å²) >= 11 is 1.71. The van der Waals surface area contributed by atoms with E-state index in [-0.39, 0.29) is 0 Å². The second-order valence-corrected chi connectivity index (χ2v) is 5.28. The third kappa shape index (κ3) is 3.09. The van der Waals surface area contributed by atoms with Crippen LogP contribution in [0.4, 0.5) is 0 Å². The maximum atomic E-state index is 5.70. The van der Waals surface area contributed by atoms with Gasteiger partial charge in [0.1, 0.15) is 17.4 Å². The molecule has 1 unspecified atom stereocenters. The summed E-state index contributed by atoms with van der Waals surface area (Å²) in [7, 11) is 1.96. The van der Waals surface area contributed by atoms with E-state index in [1.54, 1.807) is 11.3 Å². The summed E-state index contributed by atoms with van der Waals surface area (Å²) in [6.07, 6.45) is 0.